The van der Waals surface area contributed by atoms with Crippen molar-refractivity contribution in [1.82, 2.24) is 0 Å². The maximum absolute atomic E-state index is 14.1. The third-order valence-corrected chi connectivity index (χ3v) is 7.04. The monoisotopic (exact) mass is 394 g/mol. The molecule has 0 saturated carbocycles. The van der Waals surface area contributed by atoms with Gasteiger partial charge < -0.3 is 13.3 Å². The molecule has 27 heavy (non-hydrogen) atoms. The lowest BCUT2D eigenvalue weighted by Gasteiger charge is -2.34. The van der Waals surface area contributed by atoms with Gasteiger partial charge in [-0.15, -0.1) is 0 Å². The van der Waals surface area contributed by atoms with E-state index in [-0.39, 0.29) is 18.3 Å². The Morgan fingerprint density at radius 3 is 1.59 bits per heavy atom. The van der Waals surface area contributed by atoms with E-state index in [9.17, 15) is 8.78 Å². The Kier molecular flexibility index (Phi) is 7.28. The average Bonchev–Trinajstić information content (AvgIpc) is 2.53. The summed E-state index contributed by atoms with van der Waals surface area (Å²) in [6.45, 7) is 11.7. The van der Waals surface area contributed by atoms with Gasteiger partial charge >= 0.3 is 8.80 Å². The quantitative estimate of drug-likeness (QED) is 0.586. The van der Waals surface area contributed by atoms with E-state index in [1.54, 1.807) is 12.1 Å². The molecule has 0 radical (unpaired) electrons. The van der Waals surface area contributed by atoms with Crippen molar-refractivity contribution in [2.24, 2.45) is 0 Å². The molecule has 148 valence electrons. The summed E-state index contributed by atoms with van der Waals surface area (Å²) >= 11 is 0. The molecule has 3 nitrogen and oxygen atoms in total. The predicted octanol–water partition coefficient (Wildman–Crippen LogP) is 5.05. The second kappa shape index (κ2) is 9.06. The van der Waals surface area contributed by atoms with E-state index >= 15 is 0 Å². The molecule has 0 heterocycles. The van der Waals surface area contributed by atoms with Gasteiger partial charge in [-0.05, 0) is 59.2 Å². The Hall–Kier alpha value is -1.60. The van der Waals surface area contributed by atoms with Gasteiger partial charge in [0.05, 0.1) is 0 Å². The standard InChI is InChI=1S/C21H28F2O3Si/c1-14(2)24-27(25-15(3)4,26-16(5)6)19-10-7-17(8-11-19)20-12-9-18(22)13-21(20)23/h7-16H,1-6H3. The fraction of sp³-hybridized carbons (Fsp3) is 0.429. The van der Waals surface area contributed by atoms with Gasteiger partial charge in [-0.25, -0.2) is 8.78 Å². The molecule has 0 N–H and O–H groups in total. The highest BCUT2D eigenvalue weighted by Gasteiger charge is 2.46. The van der Waals surface area contributed by atoms with Gasteiger partial charge in [-0.2, -0.15) is 0 Å². The zero-order valence-electron chi connectivity index (χ0n) is 16.8. The zero-order chi connectivity index (χ0) is 20.2. The van der Waals surface area contributed by atoms with Gasteiger partial charge in [0.1, 0.15) is 11.6 Å². The summed E-state index contributed by atoms with van der Waals surface area (Å²) in [7, 11) is -3.16. The molecular weight excluding hydrogens is 366 g/mol. The minimum atomic E-state index is -3.16. The number of hydrogen-bond donors (Lipinski definition) is 0. The Bertz CT molecular complexity index is 719. The second-order valence-electron chi connectivity index (χ2n) is 7.26. The number of hydrogen-bond acceptors (Lipinski definition) is 3. The fourth-order valence-electron chi connectivity index (χ4n) is 2.80. The number of rotatable bonds is 8. The fourth-order valence-corrected chi connectivity index (χ4v) is 5.81. The van der Waals surface area contributed by atoms with Crippen LogP contribution < -0.4 is 5.19 Å². The van der Waals surface area contributed by atoms with Crippen molar-refractivity contribution in [3.63, 3.8) is 0 Å². The molecule has 2 aromatic rings. The van der Waals surface area contributed by atoms with Gasteiger partial charge in [-0.1, -0.05) is 24.3 Å². The molecule has 0 unspecified atom stereocenters. The summed E-state index contributed by atoms with van der Waals surface area (Å²) in [6, 6.07) is 10.8. The van der Waals surface area contributed by atoms with Crippen LogP contribution in [0.15, 0.2) is 42.5 Å². The molecule has 0 aromatic heterocycles. The molecule has 0 amide bonds. The Morgan fingerprint density at radius 2 is 1.19 bits per heavy atom. The van der Waals surface area contributed by atoms with Crippen molar-refractivity contribution >= 4 is 14.0 Å². The van der Waals surface area contributed by atoms with Crippen molar-refractivity contribution in [3.05, 3.63) is 54.1 Å². The van der Waals surface area contributed by atoms with Crippen LogP contribution in [0.2, 0.25) is 0 Å². The molecule has 0 aliphatic heterocycles. The van der Waals surface area contributed by atoms with Crippen LogP contribution in [-0.4, -0.2) is 27.1 Å². The first-order valence-corrected chi connectivity index (χ1v) is 10.9. The van der Waals surface area contributed by atoms with Crippen molar-refractivity contribution in [1.29, 1.82) is 0 Å². The van der Waals surface area contributed by atoms with Crippen molar-refractivity contribution in [3.8, 4) is 11.1 Å². The van der Waals surface area contributed by atoms with Crippen molar-refractivity contribution in [2.75, 3.05) is 0 Å². The van der Waals surface area contributed by atoms with Gasteiger partial charge in [0.25, 0.3) is 0 Å². The summed E-state index contributed by atoms with van der Waals surface area (Å²) in [4.78, 5) is 0. The molecule has 0 atom stereocenters. The smallest absolute Gasteiger partial charge is 0.367 e. The first-order chi connectivity index (χ1) is 12.6. The maximum Gasteiger partial charge on any atom is 0.537 e. The van der Waals surface area contributed by atoms with E-state index in [0.717, 1.165) is 11.3 Å². The first-order valence-electron chi connectivity index (χ1n) is 9.22. The third kappa shape index (κ3) is 5.69. The predicted molar refractivity (Wildman–Crippen MR) is 106 cm³/mol. The molecule has 0 fully saturated rings. The summed E-state index contributed by atoms with van der Waals surface area (Å²) in [5, 5.41) is 0.810. The Balaban J connectivity index is 2.46. The van der Waals surface area contributed by atoms with E-state index in [0.29, 0.717) is 11.1 Å². The summed E-state index contributed by atoms with van der Waals surface area (Å²) in [5.74, 6) is -1.19. The lowest BCUT2D eigenvalue weighted by atomic mass is 10.1. The van der Waals surface area contributed by atoms with E-state index in [1.165, 1.54) is 12.1 Å². The van der Waals surface area contributed by atoms with E-state index < -0.39 is 20.4 Å². The Morgan fingerprint density at radius 1 is 0.704 bits per heavy atom. The molecule has 0 bridgehead atoms. The van der Waals surface area contributed by atoms with Crippen LogP contribution in [0.5, 0.6) is 0 Å². The van der Waals surface area contributed by atoms with Crippen LogP contribution in [0.3, 0.4) is 0 Å². The maximum atomic E-state index is 14.1. The average molecular weight is 395 g/mol. The molecular formula is C21H28F2O3Si. The highest BCUT2D eigenvalue weighted by atomic mass is 28.4. The highest BCUT2D eigenvalue weighted by molar-refractivity contribution is 6.75. The molecule has 2 aromatic carbocycles. The van der Waals surface area contributed by atoms with Gasteiger partial charge in [0, 0.05) is 35.1 Å². The molecule has 0 aliphatic rings. The number of halogens is 2. The molecule has 6 heteroatoms. The van der Waals surface area contributed by atoms with Crippen LogP contribution >= 0.6 is 0 Å². The summed E-state index contributed by atoms with van der Waals surface area (Å²) in [5.41, 5.74) is 0.993. The normalized spacial score (nSPS) is 12.4. The van der Waals surface area contributed by atoms with Gasteiger partial charge in [0.2, 0.25) is 0 Å². The Labute approximate surface area is 161 Å². The molecule has 0 saturated heterocycles. The van der Waals surface area contributed by atoms with Crippen LogP contribution in [0.1, 0.15) is 41.5 Å². The van der Waals surface area contributed by atoms with E-state index in [2.05, 4.69) is 0 Å². The molecule has 0 aliphatic carbocycles. The van der Waals surface area contributed by atoms with Crippen LogP contribution in [0.4, 0.5) is 8.78 Å². The lowest BCUT2D eigenvalue weighted by Crippen LogP contribution is -2.60. The first kappa shape index (κ1) is 21.7. The van der Waals surface area contributed by atoms with Crippen molar-refractivity contribution < 1.29 is 22.1 Å². The summed E-state index contributed by atoms with van der Waals surface area (Å²) < 4.78 is 45.8. The SMILES string of the molecule is CC(C)O[Si](OC(C)C)(OC(C)C)c1ccc(-c2ccc(F)cc2F)cc1. The minimum Gasteiger partial charge on any atom is -0.367 e. The minimum absolute atomic E-state index is 0.0802. The van der Waals surface area contributed by atoms with Gasteiger partial charge in [0.15, 0.2) is 0 Å². The number of benzene rings is 2. The summed E-state index contributed by atoms with van der Waals surface area (Å²) in [6.07, 6.45) is -0.241. The highest BCUT2D eigenvalue weighted by Crippen LogP contribution is 2.24. The molecule has 0 spiro atoms. The zero-order valence-corrected chi connectivity index (χ0v) is 17.8. The van der Waals surface area contributed by atoms with Crippen LogP contribution in [-0.2, 0) is 13.3 Å². The lowest BCUT2D eigenvalue weighted by molar-refractivity contribution is 0.0153. The van der Waals surface area contributed by atoms with E-state index in [4.69, 9.17) is 13.3 Å². The van der Waals surface area contributed by atoms with E-state index in [1.807, 2.05) is 53.7 Å². The topological polar surface area (TPSA) is 27.7 Å². The van der Waals surface area contributed by atoms with Crippen LogP contribution in [0.25, 0.3) is 11.1 Å². The van der Waals surface area contributed by atoms with Crippen LogP contribution in [0, 0.1) is 11.6 Å². The third-order valence-electron chi connectivity index (χ3n) is 3.65. The molecule has 2 rings (SSSR count). The van der Waals surface area contributed by atoms with Crippen molar-refractivity contribution in [2.45, 2.75) is 59.9 Å². The largest absolute Gasteiger partial charge is 0.537 e. The second-order valence-corrected chi connectivity index (χ2v) is 9.65. The van der Waals surface area contributed by atoms with Gasteiger partial charge in [-0.3, -0.25) is 0 Å².